The molecule has 0 radical (unpaired) electrons. The van der Waals surface area contributed by atoms with Gasteiger partial charge in [-0.25, -0.2) is 0 Å². The fourth-order valence-corrected chi connectivity index (χ4v) is 6.85. The third kappa shape index (κ3) is 2.55. The number of rotatable bonds is 4. The van der Waals surface area contributed by atoms with Gasteiger partial charge in [0.2, 0.25) is 5.91 Å². The highest BCUT2D eigenvalue weighted by molar-refractivity contribution is 5.86. The maximum atomic E-state index is 13.2. The van der Waals surface area contributed by atoms with Crippen molar-refractivity contribution in [2.24, 2.45) is 11.3 Å². The van der Waals surface area contributed by atoms with Gasteiger partial charge in [-0.15, -0.1) is 0 Å². The molecule has 5 fully saturated rings. The topological polar surface area (TPSA) is 49.0 Å². The second kappa shape index (κ2) is 5.59. The van der Waals surface area contributed by atoms with Crippen molar-refractivity contribution in [3.63, 3.8) is 0 Å². The van der Waals surface area contributed by atoms with Gasteiger partial charge in [0, 0.05) is 29.6 Å². The van der Waals surface area contributed by atoms with Gasteiger partial charge in [0.05, 0.1) is 5.52 Å². The lowest BCUT2D eigenvalue weighted by Gasteiger charge is -2.60. The van der Waals surface area contributed by atoms with Crippen molar-refractivity contribution in [2.75, 3.05) is 0 Å². The Balaban J connectivity index is 1.21. The number of benzene rings is 1. The highest BCUT2D eigenvalue weighted by Crippen LogP contribution is 2.56. The number of aryl methyl sites for hydroxylation is 1. The van der Waals surface area contributed by atoms with E-state index < -0.39 is 0 Å². The minimum absolute atomic E-state index is 0.374. The molecule has 3 aliphatic carbocycles. The van der Waals surface area contributed by atoms with Gasteiger partial charge in [0.15, 0.2) is 0 Å². The van der Waals surface area contributed by atoms with Crippen LogP contribution in [0.2, 0.25) is 0 Å². The number of carbonyl (C=O) groups is 1. The molecule has 3 saturated carbocycles. The lowest BCUT2D eigenvalue weighted by molar-refractivity contribution is -0.156. The normalized spacial score (nSPS) is 34.6. The van der Waals surface area contributed by atoms with Gasteiger partial charge in [-0.1, -0.05) is 19.1 Å². The molecule has 4 bridgehead atoms. The monoisotopic (exact) mass is 363 g/mol. The van der Waals surface area contributed by atoms with E-state index in [-0.39, 0.29) is 0 Å². The van der Waals surface area contributed by atoms with E-state index in [4.69, 9.17) is 0 Å². The Morgan fingerprint density at radius 3 is 2.70 bits per heavy atom. The molecule has 5 aliphatic rings. The zero-order valence-electron chi connectivity index (χ0n) is 16.2. The van der Waals surface area contributed by atoms with Crippen LogP contribution in [0.25, 0.3) is 10.9 Å². The van der Waals surface area contributed by atoms with Crippen LogP contribution in [0.3, 0.4) is 0 Å². The summed E-state index contributed by atoms with van der Waals surface area (Å²) in [6, 6.07) is 7.48. The second-order valence-corrected chi connectivity index (χ2v) is 10.1. The summed E-state index contributed by atoms with van der Waals surface area (Å²) in [5.74, 6) is 1.95. The Kier molecular flexibility index (Phi) is 3.34. The molecular formula is C23H29N3O. The number of nitrogens with zero attached hydrogens (tertiary/aromatic N) is 2. The zero-order valence-corrected chi connectivity index (χ0v) is 16.2. The van der Waals surface area contributed by atoms with Gasteiger partial charge in [0.25, 0.3) is 0 Å². The van der Waals surface area contributed by atoms with Gasteiger partial charge in [0.1, 0.15) is 0 Å². The summed E-state index contributed by atoms with van der Waals surface area (Å²) in [7, 11) is 0. The zero-order chi connectivity index (χ0) is 18.2. The van der Waals surface area contributed by atoms with Crippen LogP contribution in [0.15, 0.2) is 18.2 Å². The van der Waals surface area contributed by atoms with Gasteiger partial charge >= 0.3 is 0 Å². The summed E-state index contributed by atoms with van der Waals surface area (Å²) in [5, 5.41) is 9.05. The predicted octanol–water partition coefficient (Wildman–Crippen LogP) is 4.55. The Bertz CT molecular complexity index is 895. The SMILES string of the molecule is CC12CC3CC(C1)N(C(=O)CCc1[nH]nc4cccc(C5CC5)c14)C(C3)C2. The van der Waals surface area contributed by atoms with Crippen molar-refractivity contribution in [3.8, 4) is 0 Å². The third-order valence-corrected chi connectivity index (χ3v) is 7.82. The van der Waals surface area contributed by atoms with Crippen molar-refractivity contribution >= 4 is 16.8 Å². The van der Waals surface area contributed by atoms with Crippen LogP contribution in [-0.2, 0) is 11.2 Å². The molecule has 2 unspecified atom stereocenters. The van der Waals surface area contributed by atoms with E-state index in [0.29, 0.717) is 35.7 Å². The first-order chi connectivity index (χ1) is 13.1. The molecular weight excluding hydrogens is 334 g/mol. The van der Waals surface area contributed by atoms with Crippen LogP contribution in [0.4, 0.5) is 0 Å². The van der Waals surface area contributed by atoms with Crippen LogP contribution >= 0.6 is 0 Å². The summed E-state index contributed by atoms with van der Waals surface area (Å²) in [6.07, 6.45) is 10.3. The molecule has 1 N–H and O–H groups in total. The van der Waals surface area contributed by atoms with Gasteiger partial charge in [-0.2, -0.15) is 5.10 Å². The highest BCUT2D eigenvalue weighted by atomic mass is 16.2. The molecule has 1 aromatic heterocycles. The molecule has 2 aromatic rings. The first-order valence-corrected chi connectivity index (χ1v) is 10.9. The van der Waals surface area contributed by atoms with Crippen LogP contribution in [0.5, 0.6) is 0 Å². The van der Waals surface area contributed by atoms with Crippen molar-refractivity contribution in [3.05, 3.63) is 29.5 Å². The Morgan fingerprint density at radius 1 is 1.22 bits per heavy atom. The van der Waals surface area contributed by atoms with Gasteiger partial charge in [-0.05, 0) is 80.2 Å². The Hall–Kier alpha value is -1.84. The first kappa shape index (κ1) is 16.1. The average Bonchev–Trinajstić information content (AvgIpc) is 3.38. The highest BCUT2D eigenvalue weighted by Gasteiger charge is 2.53. The van der Waals surface area contributed by atoms with Crippen molar-refractivity contribution < 1.29 is 4.79 Å². The van der Waals surface area contributed by atoms with Crippen molar-refractivity contribution in [1.82, 2.24) is 15.1 Å². The summed E-state index contributed by atoms with van der Waals surface area (Å²) < 4.78 is 0. The quantitative estimate of drug-likeness (QED) is 0.866. The van der Waals surface area contributed by atoms with E-state index in [1.54, 1.807) is 0 Å². The largest absolute Gasteiger partial charge is 0.337 e. The predicted molar refractivity (Wildman–Crippen MR) is 105 cm³/mol. The van der Waals surface area contributed by atoms with Crippen LogP contribution in [-0.4, -0.2) is 33.1 Å². The van der Waals surface area contributed by atoms with Crippen LogP contribution in [0.1, 0.15) is 75.5 Å². The minimum atomic E-state index is 0.374. The van der Waals surface area contributed by atoms with Crippen molar-refractivity contribution in [2.45, 2.75) is 82.7 Å². The fourth-order valence-electron chi connectivity index (χ4n) is 6.85. The number of aromatic amines is 1. The number of amides is 1. The molecule has 2 saturated heterocycles. The molecule has 7 rings (SSSR count). The molecule has 142 valence electrons. The number of carbonyl (C=O) groups excluding carboxylic acids is 1. The Morgan fingerprint density at radius 2 is 2.00 bits per heavy atom. The van der Waals surface area contributed by atoms with Gasteiger partial charge < -0.3 is 4.90 Å². The minimum Gasteiger partial charge on any atom is -0.337 e. The summed E-state index contributed by atoms with van der Waals surface area (Å²) in [4.78, 5) is 15.5. The third-order valence-electron chi connectivity index (χ3n) is 7.82. The van der Waals surface area contributed by atoms with Crippen LogP contribution < -0.4 is 0 Å². The first-order valence-electron chi connectivity index (χ1n) is 10.9. The lowest BCUT2D eigenvalue weighted by atomic mass is 9.56. The number of hydrogen-bond donors (Lipinski definition) is 1. The molecule has 1 amide bonds. The molecule has 0 spiro atoms. The Labute approximate surface area is 160 Å². The molecule has 2 aliphatic heterocycles. The second-order valence-electron chi connectivity index (χ2n) is 10.1. The average molecular weight is 364 g/mol. The summed E-state index contributed by atoms with van der Waals surface area (Å²) in [6.45, 7) is 2.45. The maximum Gasteiger partial charge on any atom is 0.223 e. The van der Waals surface area contributed by atoms with Crippen molar-refractivity contribution in [1.29, 1.82) is 0 Å². The van der Waals surface area contributed by atoms with E-state index in [2.05, 4.69) is 40.2 Å². The van der Waals surface area contributed by atoms with E-state index in [0.717, 1.165) is 23.5 Å². The van der Waals surface area contributed by atoms with E-state index in [1.165, 1.54) is 55.9 Å². The summed E-state index contributed by atoms with van der Waals surface area (Å²) >= 11 is 0. The van der Waals surface area contributed by atoms with E-state index >= 15 is 0 Å². The van der Waals surface area contributed by atoms with E-state index in [9.17, 15) is 4.79 Å². The lowest BCUT2D eigenvalue weighted by Crippen LogP contribution is -2.62. The summed E-state index contributed by atoms with van der Waals surface area (Å²) in [5.41, 5.74) is 4.17. The number of aromatic nitrogens is 2. The standard InChI is InChI=1S/C23H29N3O/c1-23-11-14-9-16(12-23)26(17(10-14)13-23)21(27)8-7-20-22-18(15-5-6-15)3-2-4-19(22)24-25-20/h2-4,14-17H,5-13H2,1H3,(H,24,25). The number of hydrogen-bond acceptors (Lipinski definition) is 2. The fraction of sp³-hybridized carbons (Fsp3) is 0.652. The molecule has 27 heavy (non-hydrogen) atoms. The number of fused-ring (bicyclic) bond motifs is 1. The number of H-pyrrole nitrogens is 1. The van der Waals surface area contributed by atoms with Gasteiger partial charge in [-0.3, -0.25) is 9.89 Å². The number of piperidine rings is 2. The van der Waals surface area contributed by atoms with E-state index in [1.807, 2.05) is 0 Å². The molecule has 1 aromatic carbocycles. The molecule has 2 atom stereocenters. The molecule has 3 heterocycles. The number of nitrogens with one attached hydrogen (secondary N) is 1. The maximum absolute atomic E-state index is 13.2. The van der Waals surface area contributed by atoms with Crippen LogP contribution in [0, 0.1) is 11.3 Å². The smallest absolute Gasteiger partial charge is 0.223 e. The molecule has 4 nitrogen and oxygen atoms in total. The molecule has 4 heteroatoms.